The number of nitrogens with one attached hydrogen (secondary N) is 1. The Morgan fingerprint density at radius 3 is 2.48 bits per heavy atom. The van der Waals surface area contributed by atoms with Gasteiger partial charge in [-0.05, 0) is 18.1 Å². The molecule has 0 spiro atoms. The molecular formula is C21H35Cl2N5O3. The molecule has 0 radical (unpaired) electrons. The third-order valence-electron chi connectivity index (χ3n) is 4.45. The van der Waals surface area contributed by atoms with Gasteiger partial charge in [0.2, 0.25) is 0 Å². The first-order valence-electron chi connectivity index (χ1n) is 9.93. The number of furan rings is 1. The summed E-state index contributed by atoms with van der Waals surface area (Å²) in [6.07, 6.45) is 3.15. The normalized spacial score (nSPS) is 12.0. The fourth-order valence-corrected chi connectivity index (χ4v) is 2.86. The summed E-state index contributed by atoms with van der Waals surface area (Å²) in [6.45, 7) is 10.9. The van der Waals surface area contributed by atoms with E-state index in [1.807, 2.05) is 40.7 Å². The first-order chi connectivity index (χ1) is 13.7. The summed E-state index contributed by atoms with van der Waals surface area (Å²) in [5.41, 5.74) is 5.88. The molecule has 0 aliphatic heterocycles. The molecule has 0 bridgehead atoms. The van der Waals surface area contributed by atoms with Gasteiger partial charge in [-0.15, -0.1) is 24.8 Å². The maximum atomic E-state index is 13.4. The van der Waals surface area contributed by atoms with Crippen LogP contribution >= 0.6 is 24.8 Å². The highest BCUT2D eigenvalue weighted by Crippen LogP contribution is 2.24. The molecular weight excluding hydrogens is 441 g/mol. The van der Waals surface area contributed by atoms with Crippen molar-refractivity contribution in [3.8, 4) is 0 Å². The number of carbonyl (C=O) groups is 1. The van der Waals surface area contributed by atoms with Gasteiger partial charge in [0.15, 0.2) is 0 Å². The maximum Gasteiger partial charge on any atom is 0.259 e. The fourth-order valence-electron chi connectivity index (χ4n) is 2.86. The highest BCUT2D eigenvalue weighted by Gasteiger charge is 2.28. The molecule has 2 heterocycles. The molecule has 31 heavy (non-hydrogen) atoms. The van der Waals surface area contributed by atoms with Crippen molar-refractivity contribution in [1.29, 1.82) is 0 Å². The number of nitrogens with zero attached hydrogens (tertiary/aromatic N) is 3. The van der Waals surface area contributed by atoms with Crippen LogP contribution in [0.3, 0.4) is 0 Å². The van der Waals surface area contributed by atoms with Crippen LogP contribution < -0.4 is 11.1 Å². The Labute approximate surface area is 196 Å². The lowest BCUT2D eigenvalue weighted by Gasteiger charge is -2.32. The standard InChI is InChI=1S/C21H33N5O3.2ClH/c1-14(2)12-26(15(9-22)13-27)19(28)17-11-24-20(21(3,4)5)25-18(17)23-10-16-7-6-8-29-16;;/h6-8,11,14-15,27H,9-10,12-13,22H2,1-5H3,(H,23,24,25);2*1H/t15-;;/m0../s1. The Morgan fingerprint density at radius 1 is 1.32 bits per heavy atom. The van der Waals surface area contributed by atoms with E-state index < -0.39 is 6.04 Å². The van der Waals surface area contributed by atoms with Gasteiger partial charge < -0.3 is 25.5 Å². The SMILES string of the molecule is CC(C)CN(C(=O)c1cnc(C(C)(C)C)nc1NCc1ccco1)[C@@H](CN)CO.Cl.Cl. The van der Waals surface area contributed by atoms with E-state index in [-0.39, 0.29) is 55.2 Å². The maximum absolute atomic E-state index is 13.4. The summed E-state index contributed by atoms with van der Waals surface area (Å²) in [5.74, 6) is 1.76. The van der Waals surface area contributed by atoms with E-state index in [0.29, 0.717) is 30.3 Å². The third-order valence-corrected chi connectivity index (χ3v) is 4.45. The summed E-state index contributed by atoms with van der Waals surface area (Å²) < 4.78 is 5.38. The zero-order valence-electron chi connectivity index (χ0n) is 18.8. The lowest BCUT2D eigenvalue weighted by atomic mass is 9.95. The van der Waals surface area contributed by atoms with Gasteiger partial charge in [0.25, 0.3) is 5.91 Å². The van der Waals surface area contributed by atoms with E-state index in [2.05, 4.69) is 15.3 Å². The van der Waals surface area contributed by atoms with Gasteiger partial charge in [-0.3, -0.25) is 4.79 Å². The highest BCUT2D eigenvalue weighted by molar-refractivity contribution is 5.98. The molecule has 8 nitrogen and oxygen atoms in total. The number of aliphatic hydroxyl groups excluding tert-OH is 1. The van der Waals surface area contributed by atoms with Crippen molar-refractivity contribution in [2.75, 3.05) is 25.0 Å². The molecule has 0 aliphatic rings. The van der Waals surface area contributed by atoms with Gasteiger partial charge in [-0.1, -0.05) is 34.6 Å². The molecule has 2 aromatic heterocycles. The number of hydrogen-bond acceptors (Lipinski definition) is 7. The summed E-state index contributed by atoms with van der Waals surface area (Å²) in [5, 5.41) is 12.9. The Bertz CT molecular complexity index is 791. The van der Waals surface area contributed by atoms with Crippen LogP contribution in [0, 0.1) is 5.92 Å². The minimum absolute atomic E-state index is 0. The average Bonchev–Trinajstić information content (AvgIpc) is 3.18. The van der Waals surface area contributed by atoms with Gasteiger partial charge in [0, 0.05) is 24.7 Å². The molecule has 0 fully saturated rings. The van der Waals surface area contributed by atoms with E-state index in [1.54, 1.807) is 23.4 Å². The van der Waals surface area contributed by atoms with Crippen molar-refractivity contribution < 1.29 is 14.3 Å². The monoisotopic (exact) mass is 475 g/mol. The molecule has 0 saturated heterocycles. The molecule has 0 unspecified atom stereocenters. The average molecular weight is 476 g/mol. The second-order valence-electron chi connectivity index (χ2n) is 8.56. The van der Waals surface area contributed by atoms with Crippen LogP contribution in [-0.2, 0) is 12.0 Å². The predicted molar refractivity (Wildman–Crippen MR) is 127 cm³/mol. The van der Waals surface area contributed by atoms with Gasteiger partial charge in [-0.2, -0.15) is 0 Å². The topological polar surface area (TPSA) is 118 Å². The van der Waals surface area contributed by atoms with E-state index in [0.717, 1.165) is 5.76 Å². The second-order valence-corrected chi connectivity index (χ2v) is 8.56. The highest BCUT2D eigenvalue weighted by atomic mass is 35.5. The molecule has 0 saturated carbocycles. The van der Waals surface area contributed by atoms with E-state index in [9.17, 15) is 9.90 Å². The number of nitrogens with two attached hydrogens (primary N) is 1. The van der Waals surface area contributed by atoms with Gasteiger partial charge in [0.05, 0.1) is 25.5 Å². The number of amides is 1. The quantitative estimate of drug-likeness (QED) is 0.509. The van der Waals surface area contributed by atoms with Crippen LogP contribution in [0.15, 0.2) is 29.0 Å². The lowest BCUT2D eigenvalue weighted by molar-refractivity contribution is 0.0573. The molecule has 2 aromatic rings. The molecule has 176 valence electrons. The Kier molecular flexibility index (Phi) is 12.1. The van der Waals surface area contributed by atoms with Gasteiger partial charge in [0.1, 0.15) is 23.0 Å². The van der Waals surface area contributed by atoms with Crippen molar-refractivity contribution >= 4 is 36.5 Å². The lowest BCUT2D eigenvalue weighted by Crippen LogP contribution is -2.48. The van der Waals surface area contributed by atoms with Crippen LogP contribution in [0.5, 0.6) is 0 Å². The number of aliphatic hydroxyl groups is 1. The van der Waals surface area contributed by atoms with Gasteiger partial charge >= 0.3 is 0 Å². The first kappa shape index (κ1) is 29.1. The van der Waals surface area contributed by atoms with Crippen molar-refractivity contribution in [3.63, 3.8) is 0 Å². The van der Waals surface area contributed by atoms with Gasteiger partial charge in [-0.25, -0.2) is 9.97 Å². The van der Waals surface area contributed by atoms with Crippen LogP contribution in [0.4, 0.5) is 5.82 Å². The first-order valence-corrected chi connectivity index (χ1v) is 9.93. The van der Waals surface area contributed by atoms with Crippen LogP contribution in [-0.4, -0.2) is 51.6 Å². The number of anilines is 1. The molecule has 0 aliphatic carbocycles. The minimum Gasteiger partial charge on any atom is -0.467 e. The summed E-state index contributed by atoms with van der Waals surface area (Å²) >= 11 is 0. The molecule has 2 rings (SSSR count). The van der Waals surface area contributed by atoms with E-state index in [4.69, 9.17) is 10.2 Å². The molecule has 10 heteroatoms. The number of halogens is 2. The zero-order chi connectivity index (χ0) is 21.6. The number of carbonyl (C=O) groups excluding carboxylic acids is 1. The molecule has 0 aromatic carbocycles. The van der Waals surface area contributed by atoms with Crippen molar-refractivity contribution in [2.45, 2.75) is 52.6 Å². The molecule has 1 atom stereocenters. The summed E-state index contributed by atoms with van der Waals surface area (Å²) in [7, 11) is 0. The van der Waals surface area contributed by atoms with E-state index in [1.165, 1.54) is 0 Å². The van der Waals surface area contributed by atoms with E-state index >= 15 is 0 Å². The fraction of sp³-hybridized carbons (Fsp3) is 0.571. The second kappa shape index (κ2) is 12.9. The molecule has 4 N–H and O–H groups in total. The molecule has 1 amide bonds. The number of aromatic nitrogens is 2. The minimum atomic E-state index is -0.467. The predicted octanol–water partition coefficient (Wildman–Crippen LogP) is 3.24. The number of hydrogen-bond donors (Lipinski definition) is 3. The summed E-state index contributed by atoms with van der Waals surface area (Å²) in [6, 6.07) is 3.19. The number of rotatable bonds is 9. The Hall–Kier alpha value is -1.87. The largest absolute Gasteiger partial charge is 0.467 e. The van der Waals surface area contributed by atoms with Crippen LogP contribution in [0.2, 0.25) is 0 Å². The van der Waals surface area contributed by atoms with Crippen molar-refractivity contribution in [2.24, 2.45) is 11.7 Å². The zero-order valence-corrected chi connectivity index (χ0v) is 20.4. The van der Waals surface area contributed by atoms with Crippen molar-refractivity contribution in [3.05, 3.63) is 41.7 Å². The summed E-state index contributed by atoms with van der Waals surface area (Å²) in [4.78, 5) is 24.1. The van der Waals surface area contributed by atoms with Crippen molar-refractivity contribution in [1.82, 2.24) is 14.9 Å². The van der Waals surface area contributed by atoms with Crippen LogP contribution in [0.25, 0.3) is 0 Å². The Balaban J connectivity index is 0.00000450. The smallest absolute Gasteiger partial charge is 0.259 e. The Morgan fingerprint density at radius 2 is 2.00 bits per heavy atom. The van der Waals surface area contributed by atoms with Crippen LogP contribution in [0.1, 0.15) is 56.6 Å². The third kappa shape index (κ3) is 7.96.